The van der Waals surface area contributed by atoms with Gasteiger partial charge in [0.15, 0.2) is 21.3 Å². The van der Waals surface area contributed by atoms with Crippen molar-refractivity contribution in [2.24, 2.45) is 11.0 Å². The SMILES string of the molecule is O=C(N/N=C\c1cc(Cl)c2c(c1)OCO2)[C@H]1CCS(=O)(=O)C1. The number of rotatable bonds is 3. The molecular weight excluding hydrogens is 332 g/mol. The van der Waals surface area contributed by atoms with Crippen LogP contribution >= 0.6 is 11.6 Å². The van der Waals surface area contributed by atoms with Gasteiger partial charge in [-0.3, -0.25) is 4.79 Å². The van der Waals surface area contributed by atoms with Crippen LogP contribution in [0.4, 0.5) is 0 Å². The third kappa shape index (κ3) is 3.17. The van der Waals surface area contributed by atoms with Crippen molar-refractivity contribution >= 4 is 33.6 Å². The summed E-state index contributed by atoms with van der Waals surface area (Å²) < 4.78 is 33.1. The van der Waals surface area contributed by atoms with Crippen molar-refractivity contribution in [2.45, 2.75) is 6.42 Å². The summed E-state index contributed by atoms with van der Waals surface area (Å²) in [5, 5.41) is 4.22. The minimum absolute atomic E-state index is 0.0482. The van der Waals surface area contributed by atoms with Crippen LogP contribution in [0, 0.1) is 5.92 Å². The highest BCUT2D eigenvalue weighted by atomic mass is 35.5. The Balaban J connectivity index is 1.63. The summed E-state index contributed by atoms with van der Waals surface area (Å²) in [6.07, 6.45) is 1.74. The number of hydrogen-bond acceptors (Lipinski definition) is 6. The predicted molar refractivity (Wildman–Crippen MR) is 80.1 cm³/mol. The zero-order valence-electron chi connectivity index (χ0n) is 11.4. The second kappa shape index (κ2) is 5.77. The number of amides is 1. The van der Waals surface area contributed by atoms with E-state index in [1.54, 1.807) is 12.1 Å². The fraction of sp³-hybridized carbons (Fsp3) is 0.385. The van der Waals surface area contributed by atoms with E-state index in [4.69, 9.17) is 21.1 Å². The Hall–Kier alpha value is -1.80. The number of nitrogens with one attached hydrogen (secondary N) is 1. The van der Waals surface area contributed by atoms with Crippen LogP contribution in [0.5, 0.6) is 11.5 Å². The lowest BCUT2D eigenvalue weighted by Crippen LogP contribution is -2.27. The van der Waals surface area contributed by atoms with Crippen molar-refractivity contribution < 1.29 is 22.7 Å². The lowest BCUT2D eigenvalue weighted by molar-refractivity contribution is -0.124. The third-order valence-electron chi connectivity index (χ3n) is 3.44. The Kier molecular flexibility index (Phi) is 3.96. The van der Waals surface area contributed by atoms with Crippen molar-refractivity contribution in [2.75, 3.05) is 18.3 Å². The van der Waals surface area contributed by atoms with Crippen LogP contribution in [0.25, 0.3) is 0 Å². The first kappa shape index (κ1) is 15.1. The molecule has 118 valence electrons. The van der Waals surface area contributed by atoms with Crippen LogP contribution in [0.2, 0.25) is 5.02 Å². The first-order chi connectivity index (χ1) is 10.4. The fourth-order valence-corrected chi connectivity index (χ4v) is 4.34. The quantitative estimate of drug-likeness (QED) is 0.651. The van der Waals surface area contributed by atoms with Gasteiger partial charge in [-0.05, 0) is 24.1 Å². The first-order valence-corrected chi connectivity index (χ1v) is 8.77. The van der Waals surface area contributed by atoms with Gasteiger partial charge in [-0.2, -0.15) is 5.10 Å². The molecule has 0 saturated carbocycles. The van der Waals surface area contributed by atoms with Gasteiger partial charge in [0, 0.05) is 0 Å². The molecule has 2 aliphatic rings. The maximum atomic E-state index is 11.8. The highest BCUT2D eigenvalue weighted by Gasteiger charge is 2.32. The van der Waals surface area contributed by atoms with E-state index in [1.165, 1.54) is 6.21 Å². The molecule has 3 rings (SSSR count). The lowest BCUT2D eigenvalue weighted by atomic mass is 10.1. The van der Waals surface area contributed by atoms with Crippen molar-refractivity contribution in [3.8, 4) is 11.5 Å². The highest BCUT2D eigenvalue weighted by molar-refractivity contribution is 7.91. The molecule has 1 amide bonds. The van der Waals surface area contributed by atoms with Gasteiger partial charge in [-0.25, -0.2) is 13.8 Å². The first-order valence-electron chi connectivity index (χ1n) is 6.57. The van der Waals surface area contributed by atoms with Crippen molar-refractivity contribution in [3.05, 3.63) is 22.7 Å². The molecule has 1 atom stereocenters. The van der Waals surface area contributed by atoms with Gasteiger partial charge in [-0.15, -0.1) is 0 Å². The number of sulfone groups is 1. The van der Waals surface area contributed by atoms with Crippen LogP contribution in [0.3, 0.4) is 0 Å². The van der Waals surface area contributed by atoms with E-state index in [-0.39, 0.29) is 18.3 Å². The topological polar surface area (TPSA) is 94.1 Å². The van der Waals surface area contributed by atoms with Crippen molar-refractivity contribution in [1.82, 2.24) is 5.43 Å². The number of ether oxygens (including phenoxy) is 2. The fourth-order valence-electron chi connectivity index (χ4n) is 2.33. The van der Waals surface area contributed by atoms with E-state index in [2.05, 4.69) is 10.5 Å². The van der Waals surface area contributed by atoms with Gasteiger partial charge in [0.2, 0.25) is 12.7 Å². The number of nitrogens with zero attached hydrogens (tertiary/aromatic N) is 1. The molecule has 2 aliphatic heterocycles. The third-order valence-corrected chi connectivity index (χ3v) is 5.49. The number of carbonyl (C=O) groups is 1. The summed E-state index contributed by atoms with van der Waals surface area (Å²) in [5.74, 6) is -0.00983. The smallest absolute Gasteiger partial charge is 0.244 e. The molecule has 0 bridgehead atoms. The van der Waals surface area contributed by atoms with Gasteiger partial charge >= 0.3 is 0 Å². The van der Waals surface area contributed by atoms with Crippen molar-refractivity contribution in [1.29, 1.82) is 0 Å². The number of fused-ring (bicyclic) bond motifs is 1. The Bertz CT molecular complexity index is 747. The zero-order valence-corrected chi connectivity index (χ0v) is 13.0. The summed E-state index contributed by atoms with van der Waals surface area (Å²) in [6.45, 7) is 0.114. The number of benzene rings is 1. The molecule has 1 aromatic carbocycles. The average molecular weight is 345 g/mol. The van der Waals surface area contributed by atoms with Crippen LogP contribution in [-0.2, 0) is 14.6 Å². The molecule has 0 unspecified atom stereocenters. The molecular formula is C13H13ClN2O5S. The van der Waals surface area contributed by atoms with Gasteiger partial charge in [0.05, 0.1) is 28.7 Å². The molecule has 9 heteroatoms. The molecule has 1 N–H and O–H groups in total. The van der Waals surface area contributed by atoms with E-state index >= 15 is 0 Å². The lowest BCUT2D eigenvalue weighted by Gasteiger charge is -2.05. The summed E-state index contributed by atoms with van der Waals surface area (Å²) in [5.41, 5.74) is 2.98. The standard InChI is InChI=1S/C13H13ClN2O5S/c14-10-3-8(4-11-12(10)21-7-20-11)5-15-16-13(17)9-1-2-22(18,19)6-9/h3-5,9H,1-2,6-7H2,(H,16,17)/b15-5-/t9-/m0/s1. The Morgan fingerprint density at radius 2 is 2.23 bits per heavy atom. The van der Waals surface area contributed by atoms with Crippen molar-refractivity contribution in [3.63, 3.8) is 0 Å². The largest absolute Gasteiger partial charge is 0.454 e. The Labute approximate surface area is 132 Å². The van der Waals surface area contributed by atoms with Crippen LogP contribution in [0.1, 0.15) is 12.0 Å². The number of hydrogen-bond donors (Lipinski definition) is 1. The number of halogens is 1. The molecule has 0 aromatic heterocycles. The van der Waals surface area contributed by atoms with E-state index in [0.717, 1.165) is 0 Å². The molecule has 0 radical (unpaired) electrons. The molecule has 7 nitrogen and oxygen atoms in total. The monoisotopic (exact) mass is 344 g/mol. The number of carbonyl (C=O) groups excluding carboxylic acids is 1. The summed E-state index contributed by atoms with van der Waals surface area (Å²) in [6, 6.07) is 3.31. The van der Waals surface area contributed by atoms with Gasteiger partial charge in [0.1, 0.15) is 0 Å². The summed E-state index contributed by atoms with van der Waals surface area (Å²) in [7, 11) is -3.09. The average Bonchev–Trinajstić information content (AvgIpc) is 3.05. The van der Waals surface area contributed by atoms with Gasteiger partial charge in [0.25, 0.3) is 0 Å². The summed E-state index contributed by atoms with van der Waals surface area (Å²) >= 11 is 6.03. The minimum Gasteiger partial charge on any atom is -0.454 e. The Morgan fingerprint density at radius 3 is 2.95 bits per heavy atom. The van der Waals surface area contributed by atoms with E-state index in [0.29, 0.717) is 28.5 Å². The summed E-state index contributed by atoms with van der Waals surface area (Å²) in [4.78, 5) is 11.8. The maximum absolute atomic E-state index is 11.8. The van der Waals surface area contributed by atoms with E-state index < -0.39 is 21.7 Å². The molecule has 22 heavy (non-hydrogen) atoms. The minimum atomic E-state index is -3.09. The highest BCUT2D eigenvalue weighted by Crippen LogP contribution is 2.39. The molecule has 0 spiro atoms. The molecule has 1 aromatic rings. The maximum Gasteiger partial charge on any atom is 0.244 e. The molecule has 0 aliphatic carbocycles. The van der Waals surface area contributed by atoms with Gasteiger partial charge < -0.3 is 9.47 Å². The molecule has 1 saturated heterocycles. The van der Waals surface area contributed by atoms with Crippen LogP contribution < -0.4 is 14.9 Å². The second-order valence-electron chi connectivity index (χ2n) is 5.07. The predicted octanol–water partition coefficient (Wildman–Crippen LogP) is 0.953. The Morgan fingerprint density at radius 1 is 1.41 bits per heavy atom. The zero-order chi connectivity index (χ0) is 15.7. The van der Waals surface area contributed by atoms with Crippen LogP contribution in [0.15, 0.2) is 17.2 Å². The number of hydrazone groups is 1. The van der Waals surface area contributed by atoms with Gasteiger partial charge in [-0.1, -0.05) is 11.6 Å². The van der Waals surface area contributed by atoms with Crippen LogP contribution in [-0.4, -0.2) is 38.8 Å². The second-order valence-corrected chi connectivity index (χ2v) is 7.71. The van der Waals surface area contributed by atoms with E-state index in [1.807, 2.05) is 0 Å². The van der Waals surface area contributed by atoms with E-state index in [9.17, 15) is 13.2 Å². The molecule has 1 fully saturated rings. The normalized spacial score (nSPS) is 22.1. The molecule has 2 heterocycles.